The van der Waals surface area contributed by atoms with E-state index in [2.05, 4.69) is 26.5 Å². The Balaban J connectivity index is 2.09. The fourth-order valence-electron chi connectivity index (χ4n) is 1.58. The predicted molar refractivity (Wildman–Crippen MR) is 81.7 cm³/mol. The van der Waals surface area contributed by atoms with Crippen LogP contribution in [0.5, 0.6) is 5.75 Å². The lowest BCUT2D eigenvalue weighted by molar-refractivity contribution is -0.385. The molecule has 0 bridgehead atoms. The van der Waals surface area contributed by atoms with Gasteiger partial charge in [0.25, 0.3) is 11.6 Å². The van der Waals surface area contributed by atoms with E-state index in [4.69, 9.17) is 0 Å². The van der Waals surface area contributed by atoms with Crippen LogP contribution >= 0.6 is 15.9 Å². The second-order valence-electron chi connectivity index (χ2n) is 4.19. The minimum absolute atomic E-state index is 0.0188. The van der Waals surface area contributed by atoms with Gasteiger partial charge < -0.3 is 5.11 Å². The van der Waals surface area contributed by atoms with E-state index in [9.17, 15) is 20.0 Å². The third-order valence-electron chi connectivity index (χ3n) is 2.68. The van der Waals surface area contributed by atoms with E-state index in [-0.39, 0.29) is 11.3 Å². The summed E-state index contributed by atoms with van der Waals surface area (Å²) in [5, 5.41) is 25.8. The summed E-state index contributed by atoms with van der Waals surface area (Å²) in [6.07, 6.45) is 1.08. The minimum atomic E-state index is -0.614. The zero-order valence-corrected chi connectivity index (χ0v) is 12.6. The summed E-state index contributed by atoms with van der Waals surface area (Å²) < 4.78 is 0.833. The Morgan fingerprint density at radius 2 is 1.91 bits per heavy atom. The average molecular weight is 363 g/mol. The number of hydrogen-bond acceptors (Lipinski definition) is 5. The number of halogens is 1. The zero-order chi connectivity index (χ0) is 16.1. The van der Waals surface area contributed by atoms with E-state index in [1.54, 1.807) is 24.3 Å². The number of nitro groups is 1. The number of hydrogen-bond donors (Lipinski definition) is 1. The molecular formula is C14H9BrN3O4-. The first-order valence-corrected chi connectivity index (χ1v) is 6.81. The van der Waals surface area contributed by atoms with Gasteiger partial charge in [-0.1, -0.05) is 27.7 Å². The first-order valence-electron chi connectivity index (χ1n) is 6.02. The van der Waals surface area contributed by atoms with Crippen LogP contribution in [0.4, 0.5) is 5.69 Å². The van der Waals surface area contributed by atoms with Gasteiger partial charge in [0, 0.05) is 22.2 Å². The summed E-state index contributed by atoms with van der Waals surface area (Å²) in [4.78, 5) is 21.8. The number of rotatable bonds is 4. The molecule has 0 fully saturated rings. The van der Waals surface area contributed by atoms with Gasteiger partial charge in [0.2, 0.25) is 0 Å². The zero-order valence-electron chi connectivity index (χ0n) is 11.0. The molecule has 8 heteroatoms. The molecule has 7 nitrogen and oxygen atoms in total. The van der Waals surface area contributed by atoms with Crippen LogP contribution in [0.15, 0.2) is 52.0 Å². The SMILES string of the molecule is O=C(N/N=C\c1cc([N+](=O)[O-])ccc1[O-])c1ccc(Br)cc1. The van der Waals surface area contributed by atoms with E-state index >= 15 is 0 Å². The monoisotopic (exact) mass is 362 g/mol. The highest BCUT2D eigenvalue weighted by molar-refractivity contribution is 9.10. The smallest absolute Gasteiger partial charge is 0.271 e. The number of carbonyl (C=O) groups excluding carboxylic acids is 1. The summed E-state index contributed by atoms with van der Waals surface area (Å²) in [5.41, 5.74) is 2.44. The Kier molecular flexibility index (Phi) is 4.84. The summed E-state index contributed by atoms with van der Waals surface area (Å²) in [6, 6.07) is 9.89. The first kappa shape index (κ1) is 15.6. The Hall–Kier alpha value is -2.74. The van der Waals surface area contributed by atoms with Crippen molar-refractivity contribution in [3.8, 4) is 5.75 Å². The maximum absolute atomic E-state index is 11.8. The van der Waals surface area contributed by atoms with Crippen molar-refractivity contribution in [2.75, 3.05) is 0 Å². The summed E-state index contributed by atoms with van der Waals surface area (Å²) in [5.74, 6) is -0.881. The lowest BCUT2D eigenvalue weighted by Gasteiger charge is -2.08. The number of hydrazone groups is 1. The second kappa shape index (κ2) is 6.81. The van der Waals surface area contributed by atoms with Crippen molar-refractivity contribution in [2.45, 2.75) is 0 Å². The van der Waals surface area contributed by atoms with Crippen molar-refractivity contribution in [3.63, 3.8) is 0 Å². The molecule has 1 N–H and O–H groups in total. The van der Waals surface area contributed by atoms with Crippen LogP contribution in [-0.2, 0) is 0 Å². The van der Waals surface area contributed by atoms with Crippen LogP contribution in [0.1, 0.15) is 15.9 Å². The number of amides is 1. The number of non-ortho nitro benzene ring substituents is 1. The van der Waals surface area contributed by atoms with Crippen molar-refractivity contribution in [1.82, 2.24) is 5.43 Å². The summed E-state index contributed by atoms with van der Waals surface area (Å²) >= 11 is 3.25. The fraction of sp³-hybridized carbons (Fsp3) is 0. The number of nitro benzene ring substituents is 1. The van der Waals surface area contributed by atoms with Gasteiger partial charge in [-0.3, -0.25) is 14.9 Å². The Morgan fingerprint density at radius 3 is 2.55 bits per heavy atom. The molecule has 0 spiro atoms. The van der Waals surface area contributed by atoms with E-state index in [1.165, 1.54) is 0 Å². The molecule has 0 saturated carbocycles. The second-order valence-corrected chi connectivity index (χ2v) is 5.10. The van der Waals surface area contributed by atoms with Gasteiger partial charge in [-0.25, -0.2) is 5.43 Å². The third-order valence-corrected chi connectivity index (χ3v) is 3.21. The van der Waals surface area contributed by atoms with Crippen LogP contribution < -0.4 is 10.5 Å². The Bertz CT molecular complexity index is 744. The van der Waals surface area contributed by atoms with Gasteiger partial charge in [0.05, 0.1) is 11.1 Å². The quantitative estimate of drug-likeness (QED) is 0.510. The molecule has 0 atom stereocenters. The molecule has 1 amide bonds. The van der Waals surface area contributed by atoms with Gasteiger partial charge in [-0.2, -0.15) is 5.10 Å². The maximum atomic E-state index is 11.8. The van der Waals surface area contributed by atoms with Crippen molar-refractivity contribution in [1.29, 1.82) is 0 Å². The molecule has 0 heterocycles. The van der Waals surface area contributed by atoms with Gasteiger partial charge in [-0.15, -0.1) is 0 Å². The Morgan fingerprint density at radius 1 is 1.23 bits per heavy atom. The number of nitrogens with zero attached hydrogens (tertiary/aromatic N) is 2. The van der Waals surface area contributed by atoms with E-state index < -0.39 is 16.6 Å². The average Bonchev–Trinajstić information content (AvgIpc) is 2.49. The molecule has 22 heavy (non-hydrogen) atoms. The molecule has 0 saturated heterocycles. The van der Waals surface area contributed by atoms with E-state index in [0.717, 1.165) is 28.9 Å². The van der Waals surface area contributed by atoms with Crippen LogP contribution in [-0.4, -0.2) is 17.0 Å². The lowest BCUT2D eigenvalue weighted by Crippen LogP contribution is -2.17. The normalized spacial score (nSPS) is 10.6. The van der Waals surface area contributed by atoms with Crippen LogP contribution in [0.25, 0.3) is 0 Å². The summed E-state index contributed by atoms with van der Waals surface area (Å²) in [6.45, 7) is 0. The van der Waals surface area contributed by atoms with E-state index in [0.29, 0.717) is 5.56 Å². The van der Waals surface area contributed by atoms with Crippen LogP contribution in [0.2, 0.25) is 0 Å². The molecule has 0 unspecified atom stereocenters. The van der Waals surface area contributed by atoms with Crippen molar-refractivity contribution in [3.05, 3.63) is 68.2 Å². The molecular weight excluding hydrogens is 354 g/mol. The molecule has 0 aliphatic rings. The molecule has 2 aromatic carbocycles. The first-order chi connectivity index (χ1) is 10.5. The largest absolute Gasteiger partial charge is 0.872 e. The molecule has 0 radical (unpaired) electrons. The third kappa shape index (κ3) is 3.89. The topological polar surface area (TPSA) is 108 Å². The minimum Gasteiger partial charge on any atom is -0.872 e. The Labute approximate surface area is 133 Å². The highest BCUT2D eigenvalue weighted by atomic mass is 79.9. The highest BCUT2D eigenvalue weighted by Gasteiger charge is 2.06. The van der Waals surface area contributed by atoms with Crippen molar-refractivity contribution < 1.29 is 14.8 Å². The molecule has 2 aromatic rings. The van der Waals surface area contributed by atoms with Crippen molar-refractivity contribution >= 4 is 33.7 Å². The number of nitrogens with one attached hydrogen (secondary N) is 1. The maximum Gasteiger partial charge on any atom is 0.271 e. The predicted octanol–water partition coefficient (Wildman–Crippen LogP) is 2.19. The van der Waals surface area contributed by atoms with Crippen molar-refractivity contribution in [2.24, 2.45) is 5.10 Å². The molecule has 0 aliphatic heterocycles. The van der Waals surface area contributed by atoms with Gasteiger partial charge >= 0.3 is 0 Å². The van der Waals surface area contributed by atoms with Gasteiger partial charge in [-0.05, 0) is 29.8 Å². The highest BCUT2D eigenvalue weighted by Crippen LogP contribution is 2.19. The standard InChI is InChI=1S/C14H10BrN3O4/c15-11-3-1-9(2-4-11)14(20)17-16-8-10-7-12(18(21)22)5-6-13(10)19/h1-8,19H,(H,17,20)/p-1/b16-8-. The number of benzene rings is 2. The lowest BCUT2D eigenvalue weighted by atomic mass is 10.2. The summed E-state index contributed by atoms with van der Waals surface area (Å²) in [7, 11) is 0. The molecule has 2 rings (SSSR count). The van der Waals surface area contributed by atoms with Gasteiger partial charge in [0.15, 0.2) is 0 Å². The van der Waals surface area contributed by atoms with Crippen LogP contribution in [0, 0.1) is 10.1 Å². The molecule has 0 aliphatic carbocycles. The molecule has 0 aromatic heterocycles. The van der Waals surface area contributed by atoms with E-state index in [1.807, 2.05) is 0 Å². The van der Waals surface area contributed by atoms with Gasteiger partial charge in [0.1, 0.15) is 0 Å². The fourth-order valence-corrected chi connectivity index (χ4v) is 1.84. The van der Waals surface area contributed by atoms with Crippen LogP contribution in [0.3, 0.4) is 0 Å². The molecule has 112 valence electrons. The number of carbonyl (C=O) groups is 1.